The van der Waals surface area contributed by atoms with Gasteiger partial charge in [0.15, 0.2) is 17.3 Å². The summed E-state index contributed by atoms with van der Waals surface area (Å²) >= 11 is 0. The van der Waals surface area contributed by atoms with Crippen molar-refractivity contribution in [3.05, 3.63) is 42.5 Å². The highest BCUT2D eigenvalue weighted by Crippen LogP contribution is 2.17. The first-order valence-electron chi connectivity index (χ1n) is 6.33. The first-order chi connectivity index (χ1) is 10.3. The molecule has 8 heteroatoms. The molecular formula is C13H15N7O. The van der Waals surface area contributed by atoms with Crippen LogP contribution in [0.4, 0.5) is 11.6 Å². The predicted molar refractivity (Wildman–Crippen MR) is 78.9 cm³/mol. The molecule has 0 amide bonds. The van der Waals surface area contributed by atoms with Crippen molar-refractivity contribution in [1.29, 1.82) is 0 Å². The predicted octanol–water partition coefficient (Wildman–Crippen LogP) is 1.03. The van der Waals surface area contributed by atoms with Gasteiger partial charge < -0.3 is 19.9 Å². The first-order valence-corrected chi connectivity index (χ1v) is 6.33. The Bertz CT molecular complexity index is 738. The molecule has 0 atom stereocenters. The van der Waals surface area contributed by atoms with Gasteiger partial charge >= 0.3 is 0 Å². The van der Waals surface area contributed by atoms with Crippen LogP contribution in [0.2, 0.25) is 0 Å². The van der Waals surface area contributed by atoms with Gasteiger partial charge in [0.05, 0.1) is 13.3 Å². The van der Waals surface area contributed by atoms with Crippen molar-refractivity contribution in [2.24, 2.45) is 5.84 Å². The highest BCUT2D eigenvalue weighted by Gasteiger charge is 2.07. The number of anilines is 2. The maximum Gasteiger partial charge on any atom is 0.212 e. The molecule has 0 fully saturated rings. The third kappa shape index (κ3) is 2.70. The summed E-state index contributed by atoms with van der Waals surface area (Å²) in [5, 5.41) is 3.23. The van der Waals surface area contributed by atoms with Crippen LogP contribution in [0.3, 0.4) is 0 Å². The van der Waals surface area contributed by atoms with E-state index in [-0.39, 0.29) is 0 Å². The number of nitrogens with zero attached hydrogens (tertiary/aromatic N) is 4. The van der Waals surface area contributed by atoms with Crippen molar-refractivity contribution in [2.45, 2.75) is 6.54 Å². The second-order valence-corrected chi connectivity index (χ2v) is 4.34. The zero-order valence-corrected chi connectivity index (χ0v) is 11.4. The molecule has 0 aliphatic rings. The highest BCUT2D eigenvalue weighted by molar-refractivity contribution is 5.65. The molecule has 0 aromatic carbocycles. The van der Waals surface area contributed by atoms with E-state index in [0.717, 1.165) is 11.2 Å². The van der Waals surface area contributed by atoms with Gasteiger partial charge in [0.25, 0.3) is 0 Å². The third-order valence-corrected chi connectivity index (χ3v) is 2.99. The average molecular weight is 285 g/mol. The minimum atomic E-state index is 0.552. The van der Waals surface area contributed by atoms with Gasteiger partial charge in [-0.2, -0.15) is 0 Å². The molecule has 3 aromatic heterocycles. The quantitative estimate of drug-likeness (QED) is 0.475. The minimum Gasteiger partial charge on any atom is -0.481 e. The lowest BCUT2D eigenvalue weighted by molar-refractivity contribution is 0.397. The summed E-state index contributed by atoms with van der Waals surface area (Å²) in [6.07, 6.45) is 7.05. The van der Waals surface area contributed by atoms with Gasteiger partial charge in [0.2, 0.25) is 5.88 Å². The number of hydrogen-bond acceptors (Lipinski definition) is 7. The summed E-state index contributed by atoms with van der Waals surface area (Å²) in [7, 11) is 1.59. The number of nitrogens with one attached hydrogen (secondary N) is 2. The van der Waals surface area contributed by atoms with E-state index in [2.05, 4.69) is 25.7 Å². The molecule has 8 nitrogen and oxygen atoms in total. The van der Waals surface area contributed by atoms with Gasteiger partial charge in [0.1, 0.15) is 0 Å². The van der Waals surface area contributed by atoms with Crippen LogP contribution in [0.1, 0.15) is 5.56 Å². The molecule has 0 bridgehead atoms. The maximum atomic E-state index is 5.42. The number of aromatic nitrogens is 4. The molecule has 108 valence electrons. The second-order valence-electron chi connectivity index (χ2n) is 4.34. The molecule has 0 radical (unpaired) electrons. The van der Waals surface area contributed by atoms with Crippen LogP contribution in [0.5, 0.6) is 5.88 Å². The Morgan fingerprint density at radius 2 is 2.24 bits per heavy atom. The summed E-state index contributed by atoms with van der Waals surface area (Å²) in [5.74, 6) is 7.20. The number of methoxy groups -OCH3 is 1. The fourth-order valence-electron chi connectivity index (χ4n) is 1.94. The topological polar surface area (TPSA) is 102 Å². The van der Waals surface area contributed by atoms with E-state index in [1.807, 2.05) is 22.7 Å². The van der Waals surface area contributed by atoms with Gasteiger partial charge in [0, 0.05) is 31.2 Å². The highest BCUT2D eigenvalue weighted by atomic mass is 16.5. The molecule has 0 unspecified atom stereocenters. The summed E-state index contributed by atoms with van der Waals surface area (Å²) in [5.41, 5.74) is 4.27. The molecule has 3 aromatic rings. The molecule has 0 saturated carbocycles. The Kier molecular flexibility index (Phi) is 3.52. The van der Waals surface area contributed by atoms with Gasteiger partial charge in [-0.15, -0.1) is 0 Å². The Labute approximate surface area is 121 Å². The number of imidazole rings is 1. The van der Waals surface area contributed by atoms with E-state index >= 15 is 0 Å². The first kappa shape index (κ1) is 13.1. The van der Waals surface area contributed by atoms with Gasteiger partial charge in [-0.3, -0.25) is 0 Å². The molecule has 0 spiro atoms. The van der Waals surface area contributed by atoms with Crippen molar-refractivity contribution in [3.63, 3.8) is 0 Å². The maximum absolute atomic E-state index is 5.42. The number of nitrogens with two attached hydrogens (primary N) is 1. The fourth-order valence-corrected chi connectivity index (χ4v) is 1.94. The summed E-state index contributed by atoms with van der Waals surface area (Å²) in [6, 6.07) is 3.75. The smallest absolute Gasteiger partial charge is 0.212 e. The molecule has 4 N–H and O–H groups in total. The lowest BCUT2D eigenvalue weighted by Gasteiger charge is -2.09. The monoisotopic (exact) mass is 285 g/mol. The number of ether oxygens (including phenoxy) is 1. The standard InChI is InChI=1S/C13H15N7O/c1-21-11-3-2-9(6-16-11)7-17-12-13-15-4-5-20(13)8-10(18-12)19-14/h2-6,8,19H,7,14H2,1H3,(H,17,18). The largest absolute Gasteiger partial charge is 0.481 e. The van der Waals surface area contributed by atoms with Crippen LogP contribution < -0.4 is 21.3 Å². The van der Waals surface area contributed by atoms with Crippen molar-refractivity contribution in [1.82, 2.24) is 19.4 Å². The van der Waals surface area contributed by atoms with Crippen molar-refractivity contribution in [2.75, 3.05) is 17.9 Å². The lowest BCUT2D eigenvalue weighted by atomic mass is 10.3. The van der Waals surface area contributed by atoms with Crippen LogP contribution in [-0.4, -0.2) is 26.5 Å². The number of fused-ring (bicyclic) bond motifs is 1. The zero-order chi connectivity index (χ0) is 14.7. The van der Waals surface area contributed by atoms with Crippen molar-refractivity contribution < 1.29 is 4.74 Å². The third-order valence-electron chi connectivity index (χ3n) is 2.99. The van der Waals surface area contributed by atoms with Gasteiger partial charge in [-0.1, -0.05) is 6.07 Å². The van der Waals surface area contributed by atoms with Crippen LogP contribution >= 0.6 is 0 Å². The zero-order valence-electron chi connectivity index (χ0n) is 11.4. The average Bonchev–Trinajstić information content (AvgIpc) is 3.01. The van der Waals surface area contributed by atoms with E-state index in [0.29, 0.717) is 24.1 Å². The van der Waals surface area contributed by atoms with Gasteiger partial charge in [-0.25, -0.2) is 20.8 Å². The molecule has 3 heterocycles. The van der Waals surface area contributed by atoms with Gasteiger partial charge in [-0.05, 0) is 5.56 Å². The fraction of sp³-hybridized carbons (Fsp3) is 0.154. The summed E-state index contributed by atoms with van der Waals surface area (Å²) in [6.45, 7) is 0.570. The number of pyridine rings is 1. The molecule has 0 aliphatic heterocycles. The molecule has 0 saturated heterocycles. The second kappa shape index (κ2) is 5.63. The minimum absolute atomic E-state index is 0.552. The SMILES string of the molecule is COc1ccc(CNc2nc(NN)cn3ccnc23)cn1. The number of hydrazine groups is 1. The van der Waals surface area contributed by atoms with Crippen molar-refractivity contribution >= 4 is 17.3 Å². The molecule has 3 rings (SSSR count). The molecular weight excluding hydrogens is 270 g/mol. The van der Waals surface area contributed by atoms with E-state index in [4.69, 9.17) is 10.6 Å². The Morgan fingerprint density at radius 1 is 1.33 bits per heavy atom. The van der Waals surface area contributed by atoms with E-state index in [9.17, 15) is 0 Å². The van der Waals surface area contributed by atoms with E-state index < -0.39 is 0 Å². The number of nitrogen functional groups attached to an aromatic ring is 1. The van der Waals surface area contributed by atoms with Crippen LogP contribution in [0.15, 0.2) is 36.9 Å². The Balaban J connectivity index is 1.81. The number of rotatable bonds is 5. The molecule has 21 heavy (non-hydrogen) atoms. The van der Waals surface area contributed by atoms with Crippen LogP contribution in [0.25, 0.3) is 5.65 Å². The van der Waals surface area contributed by atoms with Crippen molar-refractivity contribution in [3.8, 4) is 5.88 Å². The summed E-state index contributed by atoms with van der Waals surface area (Å²) < 4.78 is 6.87. The Hall–Kier alpha value is -2.87. The lowest BCUT2D eigenvalue weighted by Crippen LogP contribution is -2.12. The Morgan fingerprint density at radius 3 is 2.95 bits per heavy atom. The van der Waals surface area contributed by atoms with E-state index in [1.165, 1.54) is 0 Å². The van der Waals surface area contributed by atoms with Crippen LogP contribution in [-0.2, 0) is 6.54 Å². The molecule has 0 aliphatic carbocycles. The normalized spacial score (nSPS) is 10.6. The van der Waals surface area contributed by atoms with E-state index in [1.54, 1.807) is 25.7 Å². The number of hydrogen-bond donors (Lipinski definition) is 3. The van der Waals surface area contributed by atoms with Crippen LogP contribution in [0, 0.1) is 0 Å². The summed E-state index contributed by atoms with van der Waals surface area (Å²) in [4.78, 5) is 12.8.